The van der Waals surface area contributed by atoms with Crippen LogP contribution in [-0.2, 0) is 0 Å². The lowest BCUT2D eigenvalue weighted by Gasteiger charge is -2.17. The van der Waals surface area contributed by atoms with Gasteiger partial charge in [-0.1, -0.05) is 32.0 Å². The maximum atomic E-state index is 5.44. The van der Waals surface area contributed by atoms with Crippen molar-refractivity contribution >= 4 is 23.1 Å². The van der Waals surface area contributed by atoms with Crippen molar-refractivity contribution in [3.05, 3.63) is 59.3 Å². The predicted octanol–water partition coefficient (Wildman–Crippen LogP) is 5.43. The molecular weight excluding hydrogens is 352 g/mol. The van der Waals surface area contributed by atoms with E-state index in [4.69, 9.17) is 9.47 Å². The van der Waals surface area contributed by atoms with E-state index in [1.807, 2.05) is 31.2 Å². The van der Waals surface area contributed by atoms with E-state index in [0.717, 1.165) is 34.4 Å². The maximum absolute atomic E-state index is 5.44. The number of hydrogen-bond donors (Lipinski definition) is 2. The van der Waals surface area contributed by atoms with Crippen LogP contribution < -0.4 is 20.1 Å². The first-order valence-corrected chi connectivity index (χ1v) is 9.38. The highest BCUT2D eigenvalue weighted by Crippen LogP contribution is 2.35. The minimum absolute atomic E-state index is 0.252. The van der Waals surface area contributed by atoms with Gasteiger partial charge in [0, 0.05) is 29.2 Å². The van der Waals surface area contributed by atoms with E-state index in [9.17, 15) is 0 Å². The topological polar surface area (TPSA) is 68.3 Å². The number of hydrogen-bond acceptors (Lipinski definition) is 6. The van der Waals surface area contributed by atoms with Crippen molar-refractivity contribution < 1.29 is 9.47 Å². The first kappa shape index (κ1) is 18.1. The smallest absolute Gasteiger partial charge is 0.231 e. The molecule has 1 aromatic heterocycles. The Morgan fingerprint density at radius 2 is 1.75 bits per heavy atom. The average Bonchev–Trinajstić information content (AvgIpc) is 3.10. The van der Waals surface area contributed by atoms with E-state index in [-0.39, 0.29) is 6.79 Å². The Labute approximate surface area is 164 Å². The second-order valence-electron chi connectivity index (χ2n) is 7.23. The summed E-state index contributed by atoms with van der Waals surface area (Å²) in [4.78, 5) is 9.16. The second kappa shape index (κ2) is 7.38. The molecule has 3 aromatic rings. The van der Waals surface area contributed by atoms with Gasteiger partial charge < -0.3 is 20.1 Å². The molecule has 0 saturated heterocycles. The third-order valence-corrected chi connectivity index (χ3v) is 4.66. The summed E-state index contributed by atoms with van der Waals surface area (Å²) in [5.74, 6) is 3.17. The largest absolute Gasteiger partial charge is 0.454 e. The van der Waals surface area contributed by atoms with Crippen molar-refractivity contribution in [3.8, 4) is 11.5 Å². The third-order valence-electron chi connectivity index (χ3n) is 4.66. The molecule has 144 valence electrons. The number of para-hydroxylation sites is 1. The van der Waals surface area contributed by atoms with Crippen LogP contribution in [0.2, 0.25) is 0 Å². The van der Waals surface area contributed by atoms with Crippen molar-refractivity contribution in [2.24, 2.45) is 0 Å². The molecule has 0 aliphatic carbocycles. The molecule has 4 rings (SSSR count). The summed E-state index contributed by atoms with van der Waals surface area (Å²) in [5, 5.41) is 6.75. The molecule has 6 nitrogen and oxygen atoms in total. The monoisotopic (exact) mass is 376 g/mol. The number of rotatable bonds is 5. The van der Waals surface area contributed by atoms with Crippen LogP contribution in [0.15, 0.2) is 42.5 Å². The molecule has 0 radical (unpaired) electrons. The lowest BCUT2D eigenvalue weighted by Crippen LogP contribution is -2.05. The number of aryl methyl sites for hydroxylation is 2. The van der Waals surface area contributed by atoms with Crippen LogP contribution >= 0.6 is 0 Å². The van der Waals surface area contributed by atoms with Gasteiger partial charge >= 0.3 is 0 Å². The van der Waals surface area contributed by atoms with Crippen LogP contribution in [0.25, 0.3) is 0 Å². The minimum Gasteiger partial charge on any atom is -0.454 e. The Bertz CT molecular complexity index is 1020. The van der Waals surface area contributed by atoms with Crippen LogP contribution in [0.5, 0.6) is 11.5 Å². The van der Waals surface area contributed by atoms with E-state index >= 15 is 0 Å². The summed E-state index contributed by atoms with van der Waals surface area (Å²) < 4.78 is 10.8. The molecule has 1 aliphatic rings. The third kappa shape index (κ3) is 3.71. The van der Waals surface area contributed by atoms with Crippen LogP contribution in [0.4, 0.5) is 23.1 Å². The van der Waals surface area contributed by atoms with E-state index in [2.05, 4.69) is 59.6 Å². The lowest BCUT2D eigenvalue weighted by molar-refractivity contribution is 0.174. The summed E-state index contributed by atoms with van der Waals surface area (Å²) >= 11 is 0. The fraction of sp³-hybridized carbons (Fsp3) is 0.273. The highest BCUT2D eigenvalue weighted by Gasteiger charge is 2.14. The molecule has 0 spiro atoms. The van der Waals surface area contributed by atoms with Crippen LogP contribution in [0.3, 0.4) is 0 Å². The van der Waals surface area contributed by atoms with Crippen molar-refractivity contribution in [2.45, 2.75) is 33.6 Å². The number of aromatic nitrogens is 2. The summed E-state index contributed by atoms with van der Waals surface area (Å²) in [6.45, 7) is 8.70. The van der Waals surface area contributed by atoms with E-state index in [1.54, 1.807) is 0 Å². The Kier molecular flexibility index (Phi) is 4.77. The molecule has 0 atom stereocenters. The molecule has 1 aliphatic heterocycles. The molecule has 0 amide bonds. The quantitative estimate of drug-likeness (QED) is 0.619. The Morgan fingerprint density at radius 3 is 2.57 bits per heavy atom. The summed E-state index contributed by atoms with van der Waals surface area (Å²) in [5.41, 5.74) is 5.28. The molecule has 0 saturated carbocycles. The van der Waals surface area contributed by atoms with Gasteiger partial charge in [-0.15, -0.1) is 0 Å². The molecule has 28 heavy (non-hydrogen) atoms. The molecule has 2 aromatic carbocycles. The normalized spacial score (nSPS) is 12.3. The predicted molar refractivity (Wildman–Crippen MR) is 111 cm³/mol. The van der Waals surface area contributed by atoms with Crippen LogP contribution in [0, 0.1) is 13.8 Å². The zero-order valence-electron chi connectivity index (χ0n) is 16.5. The number of fused-ring (bicyclic) bond motifs is 1. The number of ether oxygens (including phenoxy) is 2. The Balaban J connectivity index is 1.62. The van der Waals surface area contributed by atoms with Crippen molar-refractivity contribution in [1.82, 2.24) is 9.97 Å². The summed E-state index contributed by atoms with van der Waals surface area (Å²) in [7, 11) is 0. The summed E-state index contributed by atoms with van der Waals surface area (Å²) in [6, 6.07) is 14.0. The highest BCUT2D eigenvalue weighted by molar-refractivity contribution is 5.67. The number of nitrogens with one attached hydrogen (secondary N) is 2. The van der Waals surface area contributed by atoms with Gasteiger partial charge in [-0.3, -0.25) is 0 Å². The van der Waals surface area contributed by atoms with Crippen molar-refractivity contribution in [3.63, 3.8) is 0 Å². The standard InChI is InChI=1S/C22H24N4O2/c1-13(2)17-7-5-6-14(3)21(17)25-20-10-15(4)23-22(26-20)24-16-8-9-18-19(11-16)28-12-27-18/h5-11,13H,12H2,1-4H3,(H2,23,24,25,26). The molecule has 0 bridgehead atoms. The highest BCUT2D eigenvalue weighted by atomic mass is 16.7. The van der Waals surface area contributed by atoms with Gasteiger partial charge in [-0.2, -0.15) is 4.98 Å². The van der Waals surface area contributed by atoms with Crippen LogP contribution in [-0.4, -0.2) is 16.8 Å². The fourth-order valence-electron chi connectivity index (χ4n) is 3.26. The van der Waals surface area contributed by atoms with Gasteiger partial charge in [-0.25, -0.2) is 4.98 Å². The lowest BCUT2D eigenvalue weighted by atomic mass is 9.98. The molecular formula is C22H24N4O2. The van der Waals surface area contributed by atoms with E-state index in [0.29, 0.717) is 11.9 Å². The van der Waals surface area contributed by atoms with E-state index < -0.39 is 0 Å². The van der Waals surface area contributed by atoms with Crippen molar-refractivity contribution in [1.29, 1.82) is 0 Å². The fourth-order valence-corrected chi connectivity index (χ4v) is 3.26. The zero-order chi connectivity index (χ0) is 19.7. The van der Waals surface area contributed by atoms with Gasteiger partial charge in [0.05, 0.1) is 0 Å². The number of benzene rings is 2. The second-order valence-corrected chi connectivity index (χ2v) is 7.23. The van der Waals surface area contributed by atoms with Gasteiger partial charge in [0.1, 0.15) is 5.82 Å². The van der Waals surface area contributed by atoms with Gasteiger partial charge in [0.2, 0.25) is 12.7 Å². The minimum atomic E-state index is 0.252. The Morgan fingerprint density at radius 1 is 0.929 bits per heavy atom. The molecule has 0 unspecified atom stereocenters. The first-order valence-electron chi connectivity index (χ1n) is 9.38. The molecule has 2 heterocycles. The number of anilines is 4. The molecule has 2 N–H and O–H groups in total. The van der Waals surface area contributed by atoms with Gasteiger partial charge in [0.25, 0.3) is 0 Å². The average molecular weight is 376 g/mol. The SMILES string of the molecule is Cc1cc(Nc2c(C)cccc2C(C)C)nc(Nc2ccc3c(c2)OCO3)n1. The molecule has 0 fully saturated rings. The summed E-state index contributed by atoms with van der Waals surface area (Å²) in [6.07, 6.45) is 0. The van der Waals surface area contributed by atoms with Gasteiger partial charge in [-0.05, 0) is 43.0 Å². The number of nitrogens with zero attached hydrogens (tertiary/aromatic N) is 2. The maximum Gasteiger partial charge on any atom is 0.231 e. The van der Waals surface area contributed by atoms with E-state index in [1.165, 1.54) is 11.1 Å². The zero-order valence-corrected chi connectivity index (χ0v) is 16.5. The first-order chi connectivity index (χ1) is 13.5. The van der Waals surface area contributed by atoms with Crippen molar-refractivity contribution in [2.75, 3.05) is 17.4 Å². The van der Waals surface area contributed by atoms with Crippen LogP contribution in [0.1, 0.15) is 36.6 Å². The van der Waals surface area contributed by atoms with Gasteiger partial charge in [0.15, 0.2) is 11.5 Å². The Hall–Kier alpha value is -3.28. The molecule has 6 heteroatoms.